The monoisotopic (exact) mass is 259 g/mol. The molecule has 1 fully saturated rings. The topological polar surface area (TPSA) is 43.8 Å². The predicted molar refractivity (Wildman–Crippen MR) is 74.4 cm³/mol. The Hall–Kier alpha value is -1.84. The molecule has 1 aromatic heterocycles. The standard InChI is InChI=1S/C15H18FN3/c1-9(2)19-14(17)13(18-15(19)10-6-7-10)11-4-3-5-12(16)8-11/h3-5,8-10H,6-7,17H2,1-2H3. The lowest BCUT2D eigenvalue weighted by atomic mass is 10.1. The van der Waals surface area contributed by atoms with Crippen LogP contribution < -0.4 is 5.73 Å². The van der Waals surface area contributed by atoms with Crippen molar-refractivity contribution in [1.82, 2.24) is 9.55 Å². The van der Waals surface area contributed by atoms with Gasteiger partial charge in [0.25, 0.3) is 0 Å². The number of anilines is 1. The van der Waals surface area contributed by atoms with Gasteiger partial charge in [0, 0.05) is 17.5 Å². The van der Waals surface area contributed by atoms with Crippen molar-refractivity contribution in [2.45, 2.75) is 38.6 Å². The molecule has 0 atom stereocenters. The van der Waals surface area contributed by atoms with Crippen LogP contribution in [-0.4, -0.2) is 9.55 Å². The molecule has 1 aliphatic rings. The van der Waals surface area contributed by atoms with E-state index in [4.69, 9.17) is 5.73 Å². The van der Waals surface area contributed by atoms with Crippen molar-refractivity contribution in [1.29, 1.82) is 0 Å². The van der Waals surface area contributed by atoms with E-state index in [-0.39, 0.29) is 11.9 Å². The van der Waals surface area contributed by atoms with Gasteiger partial charge in [-0.1, -0.05) is 12.1 Å². The summed E-state index contributed by atoms with van der Waals surface area (Å²) >= 11 is 0. The van der Waals surface area contributed by atoms with Gasteiger partial charge in [-0.3, -0.25) is 0 Å². The predicted octanol–water partition coefficient (Wildman–Crippen LogP) is 3.73. The van der Waals surface area contributed by atoms with E-state index in [2.05, 4.69) is 23.4 Å². The highest BCUT2D eigenvalue weighted by Crippen LogP contribution is 2.43. The number of nitrogen functional groups attached to an aromatic ring is 1. The van der Waals surface area contributed by atoms with Gasteiger partial charge in [0.15, 0.2) is 0 Å². The van der Waals surface area contributed by atoms with E-state index in [1.54, 1.807) is 6.07 Å². The van der Waals surface area contributed by atoms with Crippen molar-refractivity contribution in [2.75, 3.05) is 5.73 Å². The lowest BCUT2D eigenvalue weighted by molar-refractivity contribution is 0.576. The molecule has 2 aromatic rings. The smallest absolute Gasteiger partial charge is 0.131 e. The van der Waals surface area contributed by atoms with Crippen LogP contribution in [0.5, 0.6) is 0 Å². The number of nitrogens with zero attached hydrogens (tertiary/aromatic N) is 2. The molecule has 1 heterocycles. The van der Waals surface area contributed by atoms with Crippen LogP contribution in [0.15, 0.2) is 24.3 Å². The second-order valence-corrected chi connectivity index (χ2v) is 5.45. The lowest BCUT2D eigenvalue weighted by Crippen LogP contribution is -2.08. The maximum Gasteiger partial charge on any atom is 0.131 e. The fraction of sp³-hybridized carbons (Fsp3) is 0.400. The largest absolute Gasteiger partial charge is 0.383 e. The summed E-state index contributed by atoms with van der Waals surface area (Å²) < 4.78 is 15.4. The third-order valence-corrected chi connectivity index (χ3v) is 3.53. The van der Waals surface area contributed by atoms with Gasteiger partial charge in [-0.2, -0.15) is 0 Å². The molecule has 1 aliphatic carbocycles. The molecule has 1 saturated carbocycles. The van der Waals surface area contributed by atoms with Gasteiger partial charge in [0.1, 0.15) is 23.2 Å². The van der Waals surface area contributed by atoms with Crippen molar-refractivity contribution < 1.29 is 4.39 Å². The highest BCUT2D eigenvalue weighted by molar-refractivity contribution is 5.71. The number of hydrogen-bond acceptors (Lipinski definition) is 2. The summed E-state index contributed by atoms with van der Waals surface area (Å²) in [7, 11) is 0. The van der Waals surface area contributed by atoms with Crippen LogP contribution in [0.4, 0.5) is 10.2 Å². The summed E-state index contributed by atoms with van der Waals surface area (Å²) in [5.41, 5.74) is 7.68. The maximum atomic E-state index is 13.3. The van der Waals surface area contributed by atoms with E-state index < -0.39 is 0 Å². The number of benzene rings is 1. The third-order valence-electron chi connectivity index (χ3n) is 3.53. The fourth-order valence-electron chi connectivity index (χ4n) is 2.48. The minimum Gasteiger partial charge on any atom is -0.383 e. The van der Waals surface area contributed by atoms with Gasteiger partial charge < -0.3 is 10.3 Å². The second-order valence-electron chi connectivity index (χ2n) is 5.45. The molecule has 2 N–H and O–H groups in total. The highest BCUT2D eigenvalue weighted by atomic mass is 19.1. The maximum absolute atomic E-state index is 13.3. The van der Waals surface area contributed by atoms with Crippen LogP contribution in [0.1, 0.15) is 44.5 Å². The molecule has 0 aliphatic heterocycles. The molecule has 0 amide bonds. The first kappa shape index (κ1) is 12.2. The van der Waals surface area contributed by atoms with Gasteiger partial charge in [0.2, 0.25) is 0 Å². The van der Waals surface area contributed by atoms with Crippen molar-refractivity contribution in [2.24, 2.45) is 0 Å². The van der Waals surface area contributed by atoms with Crippen LogP contribution in [0.25, 0.3) is 11.3 Å². The Morgan fingerprint density at radius 2 is 2.11 bits per heavy atom. The molecule has 0 radical (unpaired) electrons. The molecule has 4 heteroatoms. The van der Waals surface area contributed by atoms with Crippen LogP contribution in [0.3, 0.4) is 0 Å². The second kappa shape index (κ2) is 4.37. The quantitative estimate of drug-likeness (QED) is 0.912. The van der Waals surface area contributed by atoms with Crippen LogP contribution in [-0.2, 0) is 0 Å². The van der Waals surface area contributed by atoms with Crippen molar-refractivity contribution in [3.63, 3.8) is 0 Å². The number of halogens is 1. The van der Waals surface area contributed by atoms with Gasteiger partial charge in [-0.05, 0) is 38.8 Å². The van der Waals surface area contributed by atoms with E-state index in [1.807, 2.05) is 6.07 Å². The summed E-state index contributed by atoms with van der Waals surface area (Å²) in [5.74, 6) is 1.95. The zero-order valence-electron chi connectivity index (χ0n) is 11.2. The van der Waals surface area contributed by atoms with E-state index in [0.717, 1.165) is 11.4 Å². The Balaban J connectivity index is 2.14. The zero-order valence-corrected chi connectivity index (χ0v) is 11.2. The van der Waals surface area contributed by atoms with Crippen molar-refractivity contribution in [3.8, 4) is 11.3 Å². The number of rotatable bonds is 3. The van der Waals surface area contributed by atoms with Crippen LogP contribution in [0.2, 0.25) is 0 Å². The average Bonchev–Trinajstić information content (AvgIpc) is 3.13. The van der Waals surface area contributed by atoms with E-state index in [1.165, 1.54) is 25.0 Å². The lowest BCUT2D eigenvalue weighted by Gasteiger charge is -2.13. The fourth-order valence-corrected chi connectivity index (χ4v) is 2.48. The average molecular weight is 259 g/mol. The number of imidazole rings is 1. The zero-order chi connectivity index (χ0) is 13.6. The minimum atomic E-state index is -0.260. The molecule has 100 valence electrons. The Kier molecular flexibility index (Phi) is 2.81. The van der Waals surface area contributed by atoms with Crippen LogP contribution in [0, 0.1) is 5.82 Å². The normalized spacial score (nSPS) is 15.2. The Morgan fingerprint density at radius 1 is 1.37 bits per heavy atom. The Labute approximate surface area is 112 Å². The molecule has 0 saturated heterocycles. The molecule has 0 unspecified atom stereocenters. The molecule has 3 nitrogen and oxygen atoms in total. The highest BCUT2D eigenvalue weighted by Gasteiger charge is 2.31. The van der Waals surface area contributed by atoms with E-state index in [9.17, 15) is 4.39 Å². The van der Waals surface area contributed by atoms with Gasteiger partial charge in [-0.25, -0.2) is 9.37 Å². The van der Waals surface area contributed by atoms with Crippen molar-refractivity contribution >= 4 is 5.82 Å². The molecule has 0 bridgehead atoms. The molecule has 1 aromatic carbocycles. The molecule has 3 rings (SSSR count). The van der Waals surface area contributed by atoms with E-state index in [0.29, 0.717) is 17.4 Å². The minimum absolute atomic E-state index is 0.260. The summed E-state index contributed by atoms with van der Waals surface area (Å²) in [6, 6.07) is 6.73. The first-order chi connectivity index (χ1) is 9.08. The van der Waals surface area contributed by atoms with Gasteiger partial charge in [0.05, 0.1) is 0 Å². The molecule has 19 heavy (non-hydrogen) atoms. The summed E-state index contributed by atoms with van der Waals surface area (Å²) in [6.07, 6.45) is 2.34. The van der Waals surface area contributed by atoms with Gasteiger partial charge in [-0.15, -0.1) is 0 Å². The van der Waals surface area contributed by atoms with Gasteiger partial charge >= 0.3 is 0 Å². The Bertz CT molecular complexity index is 612. The van der Waals surface area contributed by atoms with Crippen molar-refractivity contribution in [3.05, 3.63) is 35.9 Å². The first-order valence-corrected chi connectivity index (χ1v) is 6.71. The Morgan fingerprint density at radius 3 is 2.68 bits per heavy atom. The molecule has 0 spiro atoms. The molecular formula is C15H18FN3. The number of aromatic nitrogens is 2. The summed E-state index contributed by atoms with van der Waals surface area (Å²) in [5, 5.41) is 0. The third kappa shape index (κ3) is 2.11. The summed E-state index contributed by atoms with van der Waals surface area (Å²) in [4.78, 5) is 4.68. The number of nitrogens with two attached hydrogens (primary N) is 1. The summed E-state index contributed by atoms with van der Waals surface area (Å²) in [6.45, 7) is 4.19. The van der Waals surface area contributed by atoms with E-state index >= 15 is 0 Å². The molecular weight excluding hydrogens is 241 g/mol. The SMILES string of the molecule is CC(C)n1c(C2CC2)nc(-c2cccc(F)c2)c1N. The van der Waals surface area contributed by atoms with Crippen LogP contribution >= 0.6 is 0 Å². The number of hydrogen-bond donors (Lipinski definition) is 1. The first-order valence-electron chi connectivity index (χ1n) is 6.71.